The van der Waals surface area contributed by atoms with Crippen molar-refractivity contribution < 1.29 is 4.79 Å². The molecule has 1 rings (SSSR count). The van der Waals surface area contributed by atoms with E-state index in [1.165, 1.54) is 135 Å². The molecule has 1 saturated carbocycles. The first-order chi connectivity index (χ1) is 14.8. The van der Waals surface area contributed by atoms with Crippen LogP contribution in [0.4, 0.5) is 0 Å². The van der Waals surface area contributed by atoms with Crippen molar-refractivity contribution in [3.05, 3.63) is 0 Å². The molecule has 178 valence electrons. The Bertz CT molecular complexity index is 375. The molecule has 2 nitrogen and oxygen atoms in total. The maximum Gasteiger partial charge on any atom is 0.225 e. The van der Waals surface area contributed by atoms with Crippen LogP contribution in [0.15, 0.2) is 0 Å². The fourth-order valence-electron chi connectivity index (χ4n) is 5.02. The molecule has 0 atom stereocenters. The third-order valence-corrected chi connectivity index (χ3v) is 7.18. The molecule has 0 aromatic heterocycles. The molecule has 1 aliphatic rings. The van der Waals surface area contributed by atoms with Crippen molar-refractivity contribution in [1.82, 2.24) is 4.90 Å². The Morgan fingerprint density at radius 1 is 0.600 bits per heavy atom. The molecule has 2 heteroatoms. The van der Waals surface area contributed by atoms with Crippen molar-refractivity contribution in [2.24, 2.45) is 5.92 Å². The Labute approximate surface area is 190 Å². The highest BCUT2D eigenvalue weighted by Gasteiger charge is 2.23. The lowest BCUT2D eigenvalue weighted by Gasteiger charge is -2.26. The van der Waals surface area contributed by atoms with Gasteiger partial charge in [-0.2, -0.15) is 0 Å². The molecule has 0 unspecified atom stereocenters. The zero-order valence-corrected chi connectivity index (χ0v) is 20.9. The van der Waals surface area contributed by atoms with E-state index in [1.54, 1.807) is 0 Å². The van der Waals surface area contributed by atoms with Gasteiger partial charge in [0.1, 0.15) is 0 Å². The van der Waals surface area contributed by atoms with Crippen LogP contribution in [0.3, 0.4) is 0 Å². The fourth-order valence-corrected chi connectivity index (χ4v) is 5.02. The summed E-state index contributed by atoms with van der Waals surface area (Å²) < 4.78 is 0. The molecule has 0 bridgehead atoms. The lowest BCUT2D eigenvalue weighted by Crippen LogP contribution is -2.34. The van der Waals surface area contributed by atoms with Gasteiger partial charge in [0.2, 0.25) is 5.91 Å². The van der Waals surface area contributed by atoms with Gasteiger partial charge in [0, 0.05) is 19.5 Å². The summed E-state index contributed by atoms with van der Waals surface area (Å²) in [5, 5.41) is 0. The topological polar surface area (TPSA) is 20.3 Å². The van der Waals surface area contributed by atoms with Gasteiger partial charge in [-0.1, -0.05) is 135 Å². The van der Waals surface area contributed by atoms with Gasteiger partial charge < -0.3 is 4.90 Å². The normalized spacial score (nSPS) is 14.9. The molecule has 30 heavy (non-hydrogen) atoms. The minimum Gasteiger partial charge on any atom is -0.346 e. The van der Waals surface area contributed by atoms with E-state index in [2.05, 4.69) is 6.92 Å². The predicted molar refractivity (Wildman–Crippen MR) is 133 cm³/mol. The number of hydrogen-bond donors (Lipinski definition) is 0. The average Bonchev–Trinajstić information content (AvgIpc) is 2.78. The predicted octanol–water partition coefficient (Wildman–Crippen LogP) is 9.07. The van der Waals surface area contributed by atoms with E-state index in [4.69, 9.17) is 0 Å². The van der Waals surface area contributed by atoms with E-state index in [-0.39, 0.29) is 0 Å². The summed E-state index contributed by atoms with van der Waals surface area (Å²) >= 11 is 0. The Balaban J connectivity index is 1.76. The number of carbonyl (C=O) groups excluding carboxylic acids is 1. The molecular formula is C28H55NO. The van der Waals surface area contributed by atoms with E-state index < -0.39 is 0 Å². The average molecular weight is 422 g/mol. The quantitative estimate of drug-likeness (QED) is 0.179. The SMILES string of the molecule is CCCCCCCCCCCCCCCCCCCCN(C)C(=O)C1CCCCC1. The second-order valence-electron chi connectivity index (χ2n) is 10.1. The minimum absolute atomic E-state index is 0.333. The van der Waals surface area contributed by atoms with Crippen LogP contribution in [0.25, 0.3) is 0 Å². The lowest BCUT2D eigenvalue weighted by atomic mass is 9.88. The van der Waals surface area contributed by atoms with E-state index in [0.717, 1.165) is 19.4 Å². The zero-order chi connectivity index (χ0) is 21.7. The van der Waals surface area contributed by atoms with Crippen LogP contribution in [0.5, 0.6) is 0 Å². The monoisotopic (exact) mass is 421 g/mol. The van der Waals surface area contributed by atoms with Crippen LogP contribution in [0.2, 0.25) is 0 Å². The third kappa shape index (κ3) is 15.3. The van der Waals surface area contributed by atoms with Crippen molar-refractivity contribution in [1.29, 1.82) is 0 Å². The van der Waals surface area contributed by atoms with Gasteiger partial charge >= 0.3 is 0 Å². The number of carbonyl (C=O) groups is 1. The Hall–Kier alpha value is -0.530. The third-order valence-electron chi connectivity index (χ3n) is 7.18. The molecule has 0 heterocycles. The first kappa shape index (κ1) is 27.5. The number of nitrogens with zero attached hydrogens (tertiary/aromatic N) is 1. The summed E-state index contributed by atoms with van der Waals surface area (Å²) in [6.45, 7) is 3.26. The number of rotatable bonds is 20. The van der Waals surface area contributed by atoms with E-state index in [9.17, 15) is 4.79 Å². The molecule has 0 radical (unpaired) electrons. The maximum absolute atomic E-state index is 12.4. The highest BCUT2D eigenvalue weighted by molar-refractivity contribution is 5.78. The Morgan fingerprint density at radius 2 is 0.967 bits per heavy atom. The van der Waals surface area contributed by atoms with Gasteiger partial charge in [-0.3, -0.25) is 4.79 Å². The molecular weight excluding hydrogens is 366 g/mol. The van der Waals surface area contributed by atoms with Crippen LogP contribution in [-0.2, 0) is 4.79 Å². The molecule has 0 aromatic rings. The first-order valence-corrected chi connectivity index (χ1v) is 14.0. The van der Waals surface area contributed by atoms with Crippen LogP contribution in [0, 0.1) is 5.92 Å². The fraction of sp³-hybridized carbons (Fsp3) is 0.964. The molecule has 1 fully saturated rings. The Kier molecular flexibility index (Phi) is 18.7. The van der Waals surface area contributed by atoms with Crippen LogP contribution in [0.1, 0.15) is 155 Å². The van der Waals surface area contributed by atoms with Gasteiger partial charge in [-0.15, -0.1) is 0 Å². The summed E-state index contributed by atoms with van der Waals surface area (Å²) in [4.78, 5) is 14.5. The Morgan fingerprint density at radius 3 is 1.37 bits per heavy atom. The highest BCUT2D eigenvalue weighted by Crippen LogP contribution is 2.25. The summed E-state index contributed by atoms with van der Waals surface area (Å²) in [5.74, 6) is 0.751. The number of hydrogen-bond acceptors (Lipinski definition) is 1. The molecule has 1 aliphatic carbocycles. The highest BCUT2D eigenvalue weighted by atomic mass is 16.2. The van der Waals surface area contributed by atoms with Gasteiger partial charge in [0.25, 0.3) is 0 Å². The smallest absolute Gasteiger partial charge is 0.225 e. The molecule has 0 saturated heterocycles. The zero-order valence-electron chi connectivity index (χ0n) is 20.9. The molecule has 1 amide bonds. The van der Waals surface area contributed by atoms with E-state index in [0.29, 0.717) is 11.8 Å². The van der Waals surface area contributed by atoms with Crippen LogP contribution < -0.4 is 0 Å². The van der Waals surface area contributed by atoms with Crippen molar-refractivity contribution in [3.8, 4) is 0 Å². The van der Waals surface area contributed by atoms with Gasteiger partial charge in [0.15, 0.2) is 0 Å². The number of amides is 1. The lowest BCUT2D eigenvalue weighted by molar-refractivity contribution is -0.135. The van der Waals surface area contributed by atoms with Crippen LogP contribution >= 0.6 is 0 Å². The molecule has 0 spiro atoms. The van der Waals surface area contributed by atoms with Gasteiger partial charge in [-0.05, 0) is 19.3 Å². The van der Waals surface area contributed by atoms with Crippen molar-refractivity contribution in [2.75, 3.05) is 13.6 Å². The molecule has 0 aromatic carbocycles. The summed E-state index contributed by atoms with van der Waals surface area (Å²) in [6.07, 6.45) is 31.5. The minimum atomic E-state index is 0.333. The maximum atomic E-state index is 12.4. The second kappa shape index (κ2) is 20.4. The van der Waals surface area contributed by atoms with Gasteiger partial charge in [0.05, 0.1) is 0 Å². The van der Waals surface area contributed by atoms with Crippen molar-refractivity contribution in [3.63, 3.8) is 0 Å². The largest absolute Gasteiger partial charge is 0.346 e. The van der Waals surface area contributed by atoms with Crippen molar-refractivity contribution in [2.45, 2.75) is 155 Å². The summed E-state index contributed by atoms with van der Waals surface area (Å²) in [7, 11) is 2.02. The second-order valence-corrected chi connectivity index (χ2v) is 10.1. The van der Waals surface area contributed by atoms with E-state index >= 15 is 0 Å². The van der Waals surface area contributed by atoms with Crippen molar-refractivity contribution >= 4 is 5.91 Å². The standard InChI is InChI=1S/C28H55NO/c1-3-4-5-6-7-8-9-10-11-12-13-14-15-16-17-18-19-23-26-29(2)28(30)27-24-21-20-22-25-27/h27H,3-26H2,1-2H3. The molecule has 0 aliphatic heterocycles. The molecule has 0 N–H and O–H groups in total. The van der Waals surface area contributed by atoms with Gasteiger partial charge in [-0.25, -0.2) is 0 Å². The van der Waals surface area contributed by atoms with E-state index in [1.807, 2.05) is 11.9 Å². The number of unbranched alkanes of at least 4 members (excludes halogenated alkanes) is 17. The first-order valence-electron chi connectivity index (χ1n) is 14.0. The summed E-state index contributed by atoms with van der Waals surface area (Å²) in [5.41, 5.74) is 0. The summed E-state index contributed by atoms with van der Waals surface area (Å²) in [6, 6.07) is 0. The van der Waals surface area contributed by atoms with Crippen LogP contribution in [-0.4, -0.2) is 24.4 Å².